The molecule has 0 spiro atoms. The second-order valence-corrected chi connectivity index (χ2v) is 11.5. The molecule has 3 fully saturated rings. The maximum Gasteiger partial charge on any atom is 0.352 e. The van der Waals surface area contributed by atoms with Gasteiger partial charge in [-0.05, 0) is 84.5 Å². The van der Waals surface area contributed by atoms with Crippen LogP contribution in [0.15, 0.2) is 42.5 Å². The van der Waals surface area contributed by atoms with Gasteiger partial charge in [-0.1, -0.05) is 38.2 Å². The first-order valence-electron chi connectivity index (χ1n) is 14.2. The molecule has 2 aromatic carbocycles. The van der Waals surface area contributed by atoms with Gasteiger partial charge in [0.25, 0.3) is 5.91 Å². The molecule has 39 heavy (non-hydrogen) atoms. The van der Waals surface area contributed by atoms with Crippen molar-refractivity contribution in [1.82, 2.24) is 9.88 Å². The number of aromatic carboxylic acids is 1. The van der Waals surface area contributed by atoms with E-state index in [2.05, 4.69) is 10.3 Å². The van der Waals surface area contributed by atoms with Crippen molar-refractivity contribution in [2.24, 2.45) is 17.6 Å². The van der Waals surface area contributed by atoms with Crippen LogP contribution in [0, 0.1) is 11.8 Å². The van der Waals surface area contributed by atoms with Crippen molar-refractivity contribution in [3.63, 3.8) is 0 Å². The molecular formula is C31H36N4O4. The van der Waals surface area contributed by atoms with Crippen LogP contribution in [0.4, 0.5) is 5.69 Å². The summed E-state index contributed by atoms with van der Waals surface area (Å²) in [5, 5.41) is 13.1. The van der Waals surface area contributed by atoms with Gasteiger partial charge in [-0.3, -0.25) is 9.59 Å². The maximum atomic E-state index is 13.9. The fourth-order valence-electron chi connectivity index (χ4n) is 6.83. The molecule has 1 aliphatic heterocycles. The molecule has 8 heteroatoms. The van der Waals surface area contributed by atoms with Crippen molar-refractivity contribution in [2.45, 2.75) is 69.9 Å². The Bertz CT molecular complexity index is 1420. The topological polar surface area (TPSA) is 129 Å². The van der Waals surface area contributed by atoms with Crippen LogP contribution in [0.2, 0.25) is 0 Å². The summed E-state index contributed by atoms with van der Waals surface area (Å²) in [6.45, 7) is 1.02. The summed E-state index contributed by atoms with van der Waals surface area (Å²) in [6.07, 6.45) is 8.85. The van der Waals surface area contributed by atoms with Crippen LogP contribution in [0.5, 0.6) is 0 Å². The highest BCUT2D eigenvalue weighted by molar-refractivity contribution is 6.03. The number of aromatic amines is 1. The first kappa shape index (κ1) is 25.6. The van der Waals surface area contributed by atoms with E-state index in [9.17, 15) is 19.5 Å². The lowest BCUT2D eigenvalue weighted by Gasteiger charge is -2.33. The third kappa shape index (κ3) is 5.05. The Balaban J connectivity index is 1.28. The van der Waals surface area contributed by atoms with Crippen molar-refractivity contribution in [3.05, 3.63) is 64.8 Å². The van der Waals surface area contributed by atoms with E-state index < -0.39 is 12.0 Å². The quantitative estimate of drug-likeness (QED) is 0.333. The number of likely N-dealkylation sites (tertiary alicyclic amines) is 1. The van der Waals surface area contributed by atoms with Crippen molar-refractivity contribution < 1.29 is 19.5 Å². The zero-order valence-corrected chi connectivity index (χ0v) is 22.1. The number of carboxylic acids is 1. The maximum absolute atomic E-state index is 13.9. The van der Waals surface area contributed by atoms with Gasteiger partial charge in [0, 0.05) is 35.2 Å². The predicted octanol–water partition coefficient (Wildman–Crippen LogP) is 5.25. The van der Waals surface area contributed by atoms with Crippen LogP contribution >= 0.6 is 0 Å². The first-order valence-corrected chi connectivity index (χ1v) is 14.2. The van der Waals surface area contributed by atoms with Gasteiger partial charge in [-0.25, -0.2) is 4.79 Å². The van der Waals surface area contributed by atoms with E-state index in [0.717, 1.165) is 37.7 Å². The number of hydrogen-bond acceptors (Lipinski definition) is 4. The molecule has 2 amide bonds. The van der Waals surface area contributed by atoms with E-state index in [0.29, 0.717) is 47.1 Å². The molecular weight excluding hydrogens is 492 g/mol. The number of nitrogens with two attached hydrogens (primary N) is 1. The minimum Gasteiger partial charge on any atom is -0.477 e. The van der Waals surface area contributed by atoms with Gasteiger partial charge in [0.15, 0.2) is 0 Å². The number of H-pyrrole nitrogens is 1. The zero-order valence-electron chi connectivity index (χ0n) is 22.1. The van der Waals surface area contributed by atoms with Crippen LogP contribution in [-0.4, -0.2) is 45.4 Å². The smallest absolute Gasteiger partial charge is 0.352 e. The Hall–Kier alpha value is -3.65. The van der Waals surface area contributed by atoms with E-state index in [1.54, 1.807) is 29.2 Å². The Labute approximate surface area is 227 Å². The van der Waals surface area contributed by atoms with Gasteiger partial charge in [0.05, 0.1) is 0 Å². The van der Waals surface area contributed by atoms with Crippen LogP contribution < -0.4 is 11.1 Å². The van der Waals surface area contributed by atoms with E-state index in [1.165, 1.54) is 24.8 Å². The Morgan fingerprint density at radius 3 is 2.49 bits per heavy atom. The van der Waals surface area contributed by atoms with Crippen molar-refractivity contribution >= 4 is 34.4 Å². The van der Waals surface area contributed by atoms with Crippen LogP contribution in [0.1, 0.15) is 89.3 Å². The Morgan fingerprint density at radius 2 is 1.77 bits per heavy atom. The van der Waals surface area contributed by atoms with Crippen molar-refractivity contribution in [2.75, 3.05) is 11.9 Å². The molecule has 8 nitrogen and oxygen atoms in total. The average molecular weight is 529 g/mol. The molecule has 204 valence electrons. The third-order valence-electron chi connectivity index (χ3n) is 8.98. The highest BCUT2D eigenvalue weighted by atomic mass is 16.4. The fraction of sp³-hybridized carbons (Fsp3) is 0.452. The van der Waals surface area contributed by atoms with Gasteiger partial charge in [0.1, 0.15) is 11.7 Å². The molecule has 5 N–H and O–H groups in total. The molecule has 6 rings (SSSR count). The summed E-state index contributed by atoms with van der Waals surface area (Å²) >= 11 is 0. The predicted molar refractivity (Wildman–Crippen MR) is 150 cm³/mol. The number of benzene rings is 2. The lowest BCUT2D eigenvalue weighted by atomic mass is 9.76. The Morgan fingerprint density at radius 1 is 0.974 bits per heavy atom. The molecule has 2 atom stereocenters. The van der Waals surface area contributed by atoms with Gasteiger partial charge < -0.3 is 26.0 Å². The zero-order chi connectivity index (χ0) is 27.1. The minimum absolute atomic E-state index is 0.0916. The second-order valence-electron chi connectivity index (χ2n) is 11.5. The fourth-order valence-corrected chi connectivity index (χ4v) is 6.83. The number of amides is 2. The molecule has 2 heterocycles. The number of rotatable bonds is 7. The molecule has 0 unspecified atom stereocenters. The number of fused-ring (bicyclic) bond motifs is 1. The third-order valence-corrected chi connectivity index (χ3v) is 8.98. The number of carbonyl (C=O) groups is 3. The van der Waals surface area contributed by atoms with E-state index in [1.807, 2.05) is 18.2 Å². The summed E-state index contributed by atoms with van der Waals surface area (Å²) in [5.74, 6) is -0.267. The SMILES string of the molecule is NCc1ccc(C(=O)N2CC[C@@H](C3CCCCC3)[C@H]2C(=O)Nc2ccc3[nH]c(C(=O)O)cc3c2)cc1C1CC1. The molecule has 1 aromatic heterocycles. The number of aromatic nitrogens is 1. The van der Waals surface area contributed by atoms with E-state index >= 15 is 0 Å². The summed E-state index contributed by atoms with van der Waals surface area (Å²) in [7, 11) is 0. The lowest BCUT2D eigenvalue weighted by Crippen LogP contribution is -2.47. The van der Waals surface area contributed by atoms with E-state index in [-0.39, 0.29) is 23.4 Å². The molecule has 2 saturated carbocycles. The van der Waals surface area contributed by atoms with Crippen LogP contribution in [0.3, 0.4) is 0 Å². The number of nitrogens with zero attached hydrogens (tertiary/aromatic N) is 1. The average Bonchev–Trinajstić information content (AvgIpc) is 3.55. The van der Waals surface area contributed by atoms with Crippen LogP contribution in [0.25, 0.3) is 10.9 Å². The largest absolute Gasteiger partial charge is 0.477 e. The highest BCUT2D eigenvalue weighted by Gasteiger charge is 2.45. The van der Waals surface area contributed by atoms with Crippen molar-refractivity contribution in [3.8, 4) is 0 Å². The molecule has 0 radical (unpaired) electrons. The number of anilines is 1. The standard InChI is InChI=1S/C31H36N4O4/c32-17-21-9-8-20(15-25(21)19-6-7-19)30(37)35-13-12-24(18-4-2-1-3-5-18)28(35)29(36)33-23-10-11-26-22(14-23)16-27(34-26)31(38)39/h8-11,14-16,18-19,24,28,34H,1-7,12-13,17,32H2,(H,33,36)(H,38,39)/t24-,28-/m0/s1. The molecule has 2 aliphatic carbocycles. The van der Waals surface area contributed by atoms with Crippen LogP contribution in [-0.2, 0) is 11.3 Å². The van der Waals surface area contributed by atoms with Gasteiger partial charge >= 0.3 is 5.97 Å². The summed E-state index contributed by atoms with van der Waals surface area (Å²) < 4.78 is 0. The number of nitrogens with one attached hydrogen (secondary N) is 2. The van der Waals surface area contributed by atoms with Crippen molar-refractivity contribution in [1.29, 1.82) is 0 Å². The first-order chi connectivity index (χ1) is 18.9. The molecule has 1 saturated heterocycles. The van der Waals surface area contributed by atoms with Gasteiger partial charge in [-0.15, -0.1) is 0 Å². The normalized spacial score (nSPS) is 21.8. The summed E-state index contributed by atoms with van der Waals surface area (Å²) in [6, 6.07) is 12.2. The lowest BCUT2D eigenvalue weighted by molar-refractivity contribution is -0.121. The molecule has 3 aliphatic rings. The van der Waals surface area contributed by atoms with E-state index in [4.69, 9.17) is 5.73 Å². The monoisotopic (exact) mass is 528 g/mol. The molecule has 0 bridgehead atoms. The number of hydrogen-bond donors (Lipinski definition) is 4. The number of carbonyl (C=O) groups excluding carboxylic acids is 2. The Kier molecular flexibility index (Phi) is 6.89. The van der Waals surface area contributed by atoms with Gasteiger partial charge in [-0.2, -0.15) is 0 Å². The number of carboxylic acid groups (broad SMARTS) is 1. The highest BCUT2D eigenvalue weighted by Crippen LogP contribution is 2.43. The second kappa shape index (κ2) is 10.5. The summed E-state index contributed by atoms with van der Waals surface area (Å²) in [5.41, 5.74) is 10.3. The minimum atomic E-state index is -1.03. The van der Waals surface area contributed by atoms with Gasteiger partial charge in [0.2, 0.25) is 5.91 Å². The summed E-state index contributed by atoms with van der Waals surface area (Å²) in [4.78, 5) is 43.9. The molecule has 3 aromatic rings.